The molecule has 2 rings (SSSR count). The van der Waals surface area contributed by atoms with Gasteiger partial charge in [0.15, 0.2) is 0 Å². The third-order valence-corrected chi connectivity index (χ3v) is 2.94. The van der Waals surface area contributed by atoms with Gasteiger partial charge in [-0.3, -0.25) is 0 Å². The van der Waals surface area contributed by atoms with Gasteiger partial charge in [0.05, 0.1) is 6.61 Å². The summed E-state index contributed by atoms with van der Waals surface area (Å²) < 4.78 is 18.1. The summed E-state index contributed by atoms with van der Waals surface area (Å²) in [4.78, 5) is 0. The first kappa shape index (κ1) is 10.6. The molecule has 3 heteroatoms. The van der Waals surface area contributed by atoms with Gasteiger partial charge < -0.3 is 10.5 Å². The summed E-state index contributed by atoms with van der Waals surface area (Å²) in [6.07, 6.45) is 1.80. The topological polar surface area (TPSA) is 35.2 Å². The van der Waals surface area contributed by atoms with Crippen molar-refractivity contribution in [3.05, 3.63) is 35.6 Å². The predicted octanol–water partition coefficient (Wildman–Crippen LogP) is 1.73. The fourth-order valence-corrected chi connectivity index (χ4v) is 1.95. The molecule has 0 unspecified atom stereocenters. The second kappa shape index (κ2) is 4.73. The zero-order chi connectivity index (χ0) is 10.7. The normalized spacial score (nSPS) is 26.5. The van der Waals surface area contributed by atoms with Gasteiger partial charge in [0.1, 0.15) is 5.82 Å². The quantitative estimate of drug-likeness (QED) is 0.805. The number of hydrogen-bond donors (Lipinski definition) is 1. The smallest absolute Gasteiger partial charge is 0.123 e. The Labute approximate surface area is 89.2 Å². The maximum absolute atomic E-state index is 12.7. The van der Waals surface area contributed by atoms with Crippen LogP contribution in [0.2, 0.25) is 0 Å². The Morgan fingerprint density at radius 2 is 2.07 bits per heavy atom. The third-order valence-electron chi connectivity index (χ3n) is 2.94. The molecule has 2 N–H and O–H groups in total. The number of rotatable bonds is 2. The van der Waals surface area contributed by atoms with Crippen LogP contribution in [0.4, 0.5) is 4.39 Å². The van der Waals surface area contributed by atoms with Gasteiger partial charge in [-0.15, -0.1) is 0 Å². The van der Waals surface area contributed by atoms with Crippen molar-refractivity contribution >= 4 is 0 Å². The molecule has 1 aromatic rings. The molecular formula is C12H16FNO. The van der Waals surface area contributed by atoms with Crippen LogP contribution in [-0.4, -0.2) is 19.3 Å². The first-order chi connectivity index (χ1) is 7.25. The van der Waals surface area contributed by atoms with Crippen LogP contribution < -0.4 is 5.73 Å². The van der Waals surface area contributed by atoms with Crippen LogP contribution in [0.1, 0.15) is 12.0 Å². The molecule has 2 nitrogen and oxygen atoms in total. The lowest BCUT2D eigenvalue weighted by atomic mass is 9.90. The van der Waals surface area contributed by atoms with E-state index >= 15 is 0 Å². The maximum Gasteiger partial charge on any atom is 0.123 e. The van der Waals surface area contributed by atoms with E-state index in [2.05, 4.69) is 0 Å². The Bertz CT molecular complexity index is 312. The second-order valence-electron chi connectivity index (χ2n) is 4.12. The van der Waals surface area contributed by atoms with E-state index in [1.54, 1.807) is 0 Å². The van der Waals surface area contributed by atoms with Gasteiger partial charge in [-0.1, -0.05) is 12.1 Å². The molecule has 0 aliphatic carbocycles. The van der Waals surface area contributed by atoms with Crippen LogP contribution in [0.25, 0.3) is 0 Å². The van der Waals surface area contributed by atoms with Crippen LogP contribution >= 0.6 is 0 Å². The first-order valence-electron chi connectivity index (χ1n) is 5.33. The summed E-state index contributed by atoms with van der Waals surface area (Å²) in [5.41, 5.74) is 7.13. The summed E-state index contributed by atoms with van der Waals surface area (Å²) in [5.74, 6) is 0.173. The molecule has 2 atom stereocenters. The Hall–Kier alpha value is -0.930. The Morgan fingerprint density at radius 1 is 1.33 bits per heavy atom. The monoisotopic (exact) mass is 209 g/mol. The van der Waals surface area contributed by atoms with Gasteiger partial charge in [0.25, 0.3) is 0 Å². The summed E-state index contributed by atoms with van der Waals surface area (Å²) in [6, 6.07) is 6.83. The fourth-order valence-electron chi connectivity index (χ4n) is 1.95. The maximum atomic E-state index is 12.7. The summed E-state index contributed by atoms with van der Waals surface area (Å²) in [7, 11) is 0. The lowest BCUT2D eigenvalue weighted by molar-refractivity contribution is 0.0422. The molecule has 0 aromatic heterocycles. The van der Waals surface area contributed by atoms with Crippen molar-refractivity contribution in [2.45, 2.75) is 18.9 Å². The van der Waals surface area contributed by atoms with Gasteiger partial charge in [0.2, 0.25) is 0 Å². The molecule has 0 bridgehead atoms. The van der Waals surface area contributed by atoms with E-state index < -0.39 is 0 Å². The van der Waals surface area contributed by atoms with E-state index in [0.717, 1.165) is 31.6 Å². The number of hydrogen-bond acceptors (Lipinski definition) is 2. The van der Waals surface area contributed by atoms with E-state index in [1.165, 1.54) is 12.1 Å². The summed E-state index contributed by atoms with van der Waals surface area (Å²) >= 11 is 0. The zero-order valence-corrected chi connectivity index (χ0v) is 8.66. The number of ether oxygens (including phenoxy) is 1. The van der Waals surface area contributed by atoms with Gasteiger partial charge in [-0.05, 0) is 30.5 Å². The van der Waals surface area contributed by atoms with Crippen molar-refractivity contribution in [2.24, 2.45) is 11.7 Å². The van der Waals surface area contributed by atoms with E-state index in [-0.39, 0.29) is 11.9 Å². The van der Waals surface area contributed by atoms with Crippen molar-refractivity contribution in [3.8, 4) is 0 Å². The van der Waals surface area contributed by atoms with Crippen LogP contribution in [0.15, 0.2) is 24.3 Å². The van der Waals surface area contributed by atoms with Crippen molar-refractivity contribution in [1.82, 2.24) is 0 Å². The van der Waals surface area contributed by atoms with Crippen molar-refractivity contribution in [1.29, 1.82) is 0 Å². The Morgan fingerprint density at radius 3 is 2.73 bits per heavy atom. The standard InChI is InChI=1S/C12H16FNO/c13-11-3-1-9(2-4-11)7-10-8-15-6-5-12(10)14/h1-4,10,12H,5-8,14H2/t10-,12-/m0/s1. The van der Waals surface area contributed by atoms with Gasteiger partial charge in [0, 0.05) is 18.6 Å². The second-order valence-corrected chi connectivity index (χ2v) is 4.12. The number of halogens is 1. The minimum Gasteiger partial charge on any atom is -0.381 e. The van der Waals surface area contributed by atoms with Gasteiger partial charge in [-0.25, -0.2) is 4.39 Å². The molecule has 0 spiro atoms. The minimum absolute atomic E-state index is 0.192. The molecular weight excluding hydrogens is 193 g/mol. The van der Waals surface area contributed by atoms with E-state index in [9.17, 15) is 4.39 Å². The number of benzene rings is 1. The van der Waals surface area contributed by atoms with Crippen molar-refractivity contribution in [3.63, 3.8) is 0 Å². The zero-order valence-electron chi connectivity index (χ0n) is 8.66. The lowest BCUT2D eigenvalue weighted by Crippen LogP contribution is -2.39. The average molecular weight is 209 g/mol. The predicted molar refractivity (Wildman–Crippen MR) is 57.0 cm³/mol. The molecule has 0 saturated carbocycles. The van der Waals surface area contributed by atoms with Crippen LogP contribution in [-0.2, 0) is 11.2 Å². The Balaban J connectivity index is 1.98. The van der Waals surface area contributed by atoms with Crippen molar-refractivity contribution < 1.29 is 9.13 Å². The molecule has 0 radical (unpaired) electrons. The average Bonchev–Trinajstić information content (AvgIpc) is 2.25. The molecule has 1 heterocycles. The molecule has 1 fully saturated rings. The summed E-state index contributed by atoms with van der Waals surface area (Å²) in [5, 5.41) is 0. The van der Waals surface area contributed by atoms with E-state index in [0.29, 0.717) is 5.92 Å². The SMILES string of the molecule is N[C@H]1CCOC[C@@H]1Cc1ccc(F)cc1. The van der Waals surface area contributed by atoms with E-state index in [4.69, 9.17) is 10.5 Å². The van der Waals surface area contributed by atoms with Crippen LogP contribution in [0.5, 0.6) is 0 Å². The van der Waals surface area contributed by atoms with Gasteiger partial charge in [-0.2, -0.15) is 0 Å². The molecule has 15 heavy (non-hydrogen) atoms. The largest absolute Gasteiger partial charge is 0.381 e. The fraction of sp³-hybridized carbons (Fsp3) is 0.500. The highest BCUT2D eigenvalue weighted by Gasteiger charge is 2.22. The number of nitrogens with two attached hydrogens (primary N) is 1. The summed E-state index contributed by atoms with van der Waals surface area (Å²) in [6.45, 7) is 1.49. The highest BCUT2D eigenvalue weighted by Crippen LogP contribution is 2.18. The van der Waals surface area contributed by atoms with Gasteiger partial charge >= 0.3 is 0 Å². The molecule has 1 aliphatic rings. The first-order valence-corrected chi connectivity index (χ1v) is 5.33. The molecule has 1 aliphatic heterocycles. The third kappa shape index (κ3) is 2.76. The minimum atomic E-state index is -0.192. The van der Waals surface area contributed by atoms with Crippen LogP contribution in [0, 0.1) is 11.7 Å². The molecule has 1 aromatic carbocycles. The molecule has 0 amide bonds. The van der Waals surface area contributed by atoms with E-state index in [1.807, 2.05) is 12.1 Å². The van der Waals surface area contributed by atoms with Crippen molar-refractivity contribution in [2.75, 3.05) is 13.2 Å². The Kier molecular flexibility index (Phi) is 3.34. The highest BCUT2D eigenvalue weighted by molar-refractivity contribution is 5.17. The molecule has 1 saturated heterocycles. The van der Waals surface area contributed by atoms with Crippen LogP contribution in [0.3, 0.4) is 0 Å². The highest BCUT2D eigenvalue weighted by atomic mass is 19.1. The molecule has 82 valence electrons. The lowest BCUT2D eigenvalue weighted by Gasteiger charge is -2.28.